The molecule has 0 aliphatic carbocycles. The molecule has 1 aromatic rings. The van der Waals surface area contributed by atoms with Crippen molar-refractivity contribution in [2.45, 2.75) is 24.3 Å². The van der Waals surface area contributed by atoms with E-state index in [1.807, 2.05) is 0 Å². The third kappa shape index (κ3) is 3.80. The molecule has 0 bridgehead atoms. The van der Waals surface area contributed by atoms with Crippen LogP contribution in [0.4, 0.5) is 0 Å². The van der Waals surface area contributed by atoms with Crippen LogP contribution < -0.4 is 4.72 Å². The smallest absolute Gasteiger partial charge is 0.336 e. The Kier molecular flexibility index (Phi) is 4.40. The summed E-state index contributed by atoms with van der Waals surface area (Å²) in [6, 6.07) is 3.73. The summed E-state index contributed by atoms with van der Waals surface area (Å²) in [6.45, 7) is 3.06. The molecule has 0 spiro atoms. The van der Waals surface area contributed by atoms with Gasteiger partial charge in [0, 0.05) is 4.47 Å². The average molecular weight is 346 g/mol. The van der Waals surface area contributed by atoms with Gasteiger partial charge in [-0.05, 0) is 48.0 Å². The molecule has 0 aromatic heterocycles. The SMILES string of the molecule is C#CC(C)(C)NS(=O)(=O)c1ccc(Br)c(C(=O)O)c1. The number of carboxylic acids is 1. The number of hydrogen-bond acceptors (Lipinski definition) is 3. The van der Waals surface area contributed by atoms with Gasteiger partial charge in [0.15, 0.2) is 0 Å². The topological polar surface area (TPSA) is 83.5 Å². The van der Waals surface area contributed by atoms with E-state index in [9.17, 15) is 13.2 Å². The van der Waals surface area contributed by atoms with Gasteiger partial charge in [-0.25, -0.2) is 13.2 Å². The summed E-state index contributed by atoms with van der Waals surface area (Å²) < 4.78 is 26.8. The zero-order chi connectivity index (χ0) is 14.8. The zero-order valence-corrected chi connectivity index (χ0v) is 12.7. The molecule has 0 fully saturated rings. The van der Waals surface area contributed by atoms with Gasteiger partial charge in [-0.3, -0.25) is 0 Å². The summed E-state index contributed by atoms with van der Waals surface area (Å²) in [5.41, 5.74) is -1.20. The molecule has 7 heteroatoms. The standard InChI is InChI=1S/C12H12BrNO4S/c1-4-12(2,3)14-19(17,18)8-5-6-10(13)9(7-8)11(15)16/h1,5-7,14H,2-3H3,(H,15,16). The fourth-order valence-electron chi connectivity index (χ4n) is 1.26. The van der Waals surface area contributed by atoms with Gasteiger partial charge in [-0.15, -0.1) is 6.42 Å². The van der Waals surface area contributed by atoms with Crippen LogP contribution in [0.1, 0.15) is 24.2 Å². The number of nitrogens with one attached hydrogen (secondary N) is 1. The first-order chi connectivity index (χ1) is 8.59. The maximum atomic E-state index is 12.1. The van der Waals surface area contributed by atoms with Gasteiger partial charge >= 0.3 is 5.97 Å². The molecule has 0 unspecified atom stereocenters. The second-order valence-corrected chi connectivity index (χ2v) is 6.86. The minimum absolute atomic E-state index is 0.138. The van der Waals surface area contributed by atoms with Gasteiger partial charge in [-0.2, -0.15) is 4.72 Å². The average Bonchev–Trinajstić information content (AvgIpc) is 2.27. The summed E-state index contributed by atoms with van der Waals surface area (Å²) in [6.07, 6.45) is 5.22. The molecule has 1 aromatic carbocycles. The first kappa shape index (κ1) is 15.7. The summed E-state index contributed by atoms with van der Waals surface area (Å²) in [4.78, 5) is 10.8. The van der Waals surface area contributed by atoms with Crippen molar-refractivity contribution < 1.29 is 18.3 Å². The highest BCUT2D eigenvalue weighted by Crippen LogP contribution is 2.22. The van der Waals surface area contributed by atoms with Crippen LogP contribution in [-0.2, 0) is 10.0 Å². The van der Waals surface area contributed by atoms with Crippen molar-refractivity contribution in [3.8, 4) is 12.3 Å². The van der Waals surface area contributed by atoms with Crippen LogP contribution in [0.25, 0.3) is 0 Å². The van der Waals surface area contributed by atoms with E-state index in [2.05, 4.69) is 26.6 Å². The van der Waals surface area contributed by atoms with Crippen LogP contribution in [0.5, 0.6) is 0 Å². The summed E-state index contributed by atoms with van der Waals surface area (Å²) in [5, 5.41) is 8.96. The highest BCUT2D eigenvalue weighted by Gasteiger charge is 2.25. The van der Waals surface area contributed by atoms with E-state index >= 15 is 0 Å². The van der Waals surface area contributed by atoms with Gasteiger partial charge in [0.1, 0.15) is 0 Å². The predicted molar refractivity (Wildman–Crippen MR) is 74.3 cm³/mol. The number of carboxylic acid groups (broad SMARTS) is 1. The van der Waals surface area contributed by atoms with Crippen LogP contribution >= 0.6 is 15.9 Å². The number of benzene rings is 1. The Balaban J connectivity index is 3.28. The van der Waals surface area contributed by atoms with Gasteiger partial charge in [0.2, 0.25) is 10.0 Å². The van der Waals surface area contributed by atoms with Crippen LogP contribution in [0.15, 0.2) is 27.6 Å². The van der Waals surface area contributed by atoms with E-state index in [0.717, 1.165) is 6.07 Å². The number of aromatic carboxylic acids is 1. The first-order valence-electron chi connectivity index (χ1n) is 5.14. The molecule has 102 valence electrons. The Morgan fingerprint density at radius 1 is 1.47 bits per heavy atom. The summed E-state index contributed by atoms with van der Waals surface area (Å²) >= 11 is 3.04. The van der Waals surface area contributed by atoms with Crippen molar-refractivity contribution in [3.05, 3.63) is 28.2 Å². The minimum Gasteiger partial charge on any atom is -0.478 e. The van der Waals surface area contributed by atoms with E-state index in [4.69, 9.17) is 11.5 Å². The lowest BCUT2D eigenvalue weighted by atomic mass is 10.1. The monoisotopic (exact) mass is 345 g/mol. The highest BCUT2D eigenvalue weighted by atomic mass is 79.9. The maximum Gasteiger partial charge on any atom is 0.336 e. The van der Waals surface area contributed by atoms with E-state index in [1.165, 1.54) is 26.0 Å². The Morgan fingerprint density at radius 2 is 2.05 bits per heavy atom. The molecule has 0 radical (unpaired) electrons. The number of carbonyl (C=O) groups is 1. The molecule has 5 nitrogen and oxygen atoms in total. The molecule has 0 saturated heterocycles. The van der Waals surface area contributed by atoms with Crippen molar-refractivity contribution in [1.29, 1.82) is 0 Å². The molecule has 19 heavy (non-hydrogen) atoms. The van der Waals surface area contributed by atoms with Gasteiger partial charge in [0.25, 0.3) is 0 Å². The number of sulfonamides is 1. The molecular weight excluding hydrogens is 334 g/mol. The molecular formula is C12H12BrNO4S. The predicted octanol–water partition coefficient (Wildman–Crippen LogP) is 1.84. The molecule has 0 atom stereocenters. The normalized spacial score (nSPS) is 11.9. The molecule has 1 rings (SSSR count). The number of halogens is 1. The van der Waals surface area contributed by atoms with Crippen molar-refractivity contribution in [2.24, 2.45) is 0 Å². The van der Waals surface area contributed by atoms with E-state index < -0.39 is 21.5 Å². The number of rotatable bonds is 4. The second-order valence-electron chi connectivity index (χ2n) is 4.32. The third-order valence-corrected chi connectivity index (χ3v) is 4.57. The number of terminal acetylenes is 1. The van der Waals surface area contributed by atoms with Crippen LogP contribution in [0, 0.1) is 12.3 Å². The zero-order valence-electron chi connectivity index (χ0n) is 10.3. The Labute approximate surface area is 120 Å². The summed E-state index contributed by atoms with van der Waals surface area (Å²) in [7, 11) is -3.88. The van der Waals surface area contributed by atoms with E-state index in [1.54, 1.807) is 0 Å². The lowest BCUT2D eigenvalue weighted by Crippen LogP contribution is -2.42. The van der Waals surface area contributed by atoms with Crippen LogP contribution in [0.3, 0.4) is 0 Å². The van der Waals surface area contributed by atoms with Crippen molar-refractivity contribution >= 4 is 31.9 Å². The van der Waals surface area contributed by atoms with Crippen LogP contribution in [0.2, 0.25) is 0 Å². The second kappa shape index (κ2) is 5.33. The minimum atomic E-state index is -3.88. The molecule has 0 aliphatic heterocycles. The van der Waals surface area contributed by atoms with Gasteiger partial charge in [-0.1, -0.05) is 5.92 Å². The summed E-state index contributed by atoms with van der Waals surface area (Å²) in [5.74, 6) is 1.08. The molecule has 0 aliphatic rings. The molecule has 2 N–H and O–H groups in total. The van der Waals surface area contributed by atoms with Gasteiger partial charge in [0.05, 0.1) is 16.0 Å². The first-order valence-corrected chi connectivity index (χ1v) is 7.41. The molecule has 0 amide bonds. The number of hydrogen-bond donors (Lipinski definition) is 2. The largest absolute Gasteiger partial charge is 0.478 e. The van der Waals surface area contributed by atoms with E-state index in [0.29, 0.717) is 4.47 Å². The fraction of sp³-hybridized carbons (Fsp3) is 0.250. The highest BCUT2D eigenvalue weighted by molar-refractivity contribution is 9.10. The molecule has 0 saturated carbocycles. The fourth-order valence-corrected chi connectivity index (χ4v) is 3.04. The Bertz CT molecular complexity index is 659. The van der Waals surface area contributed by atoms with Gasteiger partial charge < -0.3 is 5.11 Å². The van der Waals surface area contributed by atoms with Crippen LogP contribution in [-0.4, -0.2) is 25.0 Å². The Hall–Kier alpha value is -1.36. The third-order valence-electron chi connectivity index (χ3n) is 2.23. The lowest BCUT2D eigenvalue weighted by Gasteiger charge is -2.19. The quantitative estimate of drug-likeness (QED) is 0.815. The Morgan fingerprint density at radius 3 is 2.53 bits per heavy atom. The van der Waals surface area contributed by atoms with E-state index in [-0.39, 0.29) is 10.5 Å². The molecule has 0 heterocycles. The maximum absolute atomic E-state index is 12.1. The lowest BCUT2D eigenvalue weighted by molar-refractivity contribution is 0.0695. The van der Waals surface area contributed by atoms with Crippen molar-refractivity contribution in [1.82, 2.24) is 4.72 Å². The van der Waals surface area contributed by atoms with Crippen molar-refractivity contribution in [2.75, 3.05) is 0 Å². The van der Waals surface area contributed by atoms with Crippen molar-refractivity contribution in [3.63, 3.8) is 0 Å².